The number of amides is 1. The molecule has 6 nitrogen and oxygen atoms in total. The van der Waals surface area contributed by atoms with E-state index in [4.69, 9.17) is 16.3 Å². The summed E-state index contributed by atoms with van der Waals surface area (Å²) in [5, 5.41) is 14.0. The van der Waals surface area contributed by atoms with E-state index in [1.165, 1.54) is 18.2 Å². The molecule has 0 aromatic heterocycles. The van der Waals surface area contributed by atoms with Gasteiger partial charge in [-0.2, -0.15) is 0 Å². The van der Waals surface area contributed by atoms with Gasteiger partial charge in [0.2, 0.25) is 0 Å². The summed E-state index contributed by atoms with van der Waals surface area (Å²) in [5.41, 5.74) is 1.31. The summed E-state index contributed by atoms with van der Waals surface area (Å²) >= 11 is 5.86. The number of hydrogen-bond acceptors (Lipinski definition) is 4. The van der Waals surface area contributed by atoms with Crippen LogP contribution in [-0.4, -0.2) is 17.6 Å². The number of nitrogens with one attached hydrogen (secondary N) is 1. The van der Waals surface area contributed by atoms with Crippen molar-refractivity contribution in [3.8, 4) is 0 Å². The summed E-state index contributed by atoms with van der Waals surface area (Å²) in [6.07, 6.45) is 3.34. The molecule has 25 heavy (non-hydrogen) atoms. The first-order valence-corrected chi connectivity index (χ1v) is 7.99. The second kappa shape index (κ2) is 9.44. The third-order valence-corrected chi connectivity index (χ3v) is 3.51. The van der Waals surface area contributed by atoms with E-state index in [-0.39, 0.29) is 12.3 Å². The smallest absolute Gasteiger partial charge is 0.407 e. The molecule has 0 unspecified atom stereocenters. The third-order valence-electron chi connectivity index (χ3n) is 3.28. The van der Waals surface area contributed by atoms with E-state index in [1.54, 1.807) is 12.2 Å². The van der Waals surface area contributed by atoms with Crippen LogP contribution in [0.5, 0.6) is 0 Å². The number of nitro groups is 1. The molecule has 0 saturated carbocycles. The van der Waals surface area contributed by atoms with E-state index in [9.17, 15) is 14.9 Å². The summed E-state index contributed by atoms with van der Waals surface area (Å²) in [6, 6.07) is 13.7. The highest BCUT2D eigenvalue weighted by molar-refractivity contribution is 6.30. The summed E-state index contributed by atoms with van der Waals surface area (Å²) < 4.78 is 5.08. The molecule has 2 aromatic carbocycles. The van der Waals surface area contributed by atoms with E-state index in [2.05, 4.69) is 5.32 Å². The zero-order valence-electron chi connectivity index (χ0n) is 13.4. The van der Waals surface area contributed by atoms with E-state index in [0.717, 1.165) is 5.56 Å². The molecular weight excluding hydrogens is 344 g/mol. The number of alkyl carbamates (subject to hydrolysis) is 1. The Labute approximate surface area is 150 Å². The van der Waals surface area contributed by atoms with Crippen LogP contribution in [0.25, 0.3) is 6.08 Å². The molecule has 0 aliphatic rings. The van der Waals surface area contributed by atoms with Crippen molar-refractivity contribution in [1.82, 2.24) is 5.32 Å². The van der Waals surface area contributed by atoms with Gasteiger partial charge in [0.15, 0.2) is 0 Å². The Bertz CT molecular complexity index is 763. The average Bonchev–Trinajstić information content (AvgIpc) is 2.60. The monoisotopic (exact) mass is 360 g/mol. The Morgan fingerprint density at radius 3 is 2.72 bits per heavy atom. The number of halogens is 1. The molecule has 0 saturated heterocycles. The number of hydrogen-bond donors (Lipinski definition) is 1. The fourth-order valence-electron chi connectivity index (χ4n) is 2.07. The van der Waals surface area contributed by atoms with Crippen LogP contribution in [-0.2, 0) is 11.3 Å². The van der Waals surface area contributed by atoms with Crippen molar-refractivity contribution >= 4 is 29.5 Å². The largest absolute Gasteiger partial charge is 0.445 e. The van der Waals surface area contributed by atoms with Gasteiger partial charge in [-0.25, -0.2) is 4.79 Å². The van der Waals surface area contributed by atoms with Gasteiger partial charge < -0.3 is 10.1 Å². The number of carbonyl (C=O) groups is 1. The lowest BCUT2D eigenvalue weighted by atomic mass is 10.1. The summed E-state index contributed by atoms with van der Waals surface area (Å²) in [6.45, 7) is 0.565. The van der Waals surface area contributed by atoms with Gasteiger partial charge in [-0.15, -0.1) is 0 Å². The predicted octanol–water partition coefficient (Wildman–Crippen LogP) is 4.58. The molecular formula is C18H17ClN2O4. The number of nitro benzene ring substituents is 1. The highest BCUT2D eigenvalue weighted by Crippen LogP contribution is 2.23. The minimum absolute atomic E-state index is 0.0177. The molecule has 130 valence electrons. The average molecular weight is 361 g/mol. The van der Waals surface area contributed by atoms with Gasteiger partial charge in [0.25, 0.3) is 5.69 Å². The van der Waals surface area contributed by atoms with Crippen LogP contribution in [0.4, 0.5) is 10.5 Å². The number of ether oxygens (including phenoxy) is 1. The van der Waals surface area contributed by atoms with Crippen LogP contribution in [0.2, 0.25) is 5.02 Å². The van der Waals surface area contributed by atoms with Gasteiger partial charge in [0.1, 0.15) is 6.61 Å². The number of nitrogens with zero attached hydrogens (tertiary/aromatic N) is 1. The highest BCUT2D eigenvalue weighted by Gasteiger charge is 2.11. The van der Waals surface area contributed by atoms with Crippen molar-refractivity contribution in [3.63, 3.8) is 0 Å². The lowest BCUT2D eigenvalue weighted by Crippen LogP contribution is -2.24. The fraction of sp³-hybridized carbons (Fsp3) is 0.167. The van der Waals surface area contributed by atoms with Crippen LogP contribution in [0.15, 0.2) is 54.6 Å². The minimum atomic E-state index is -0.508. The van der Waals surface area contributed by atoms with Gasteiger partial charge in [-0.1, -0.05) is 54.1 Å². The SMILES string of the molecule is O=C(NCCC=Cc1cc(Cl)ccc1[N+](=O)[O-])OCc1ccccc1. The molecule has 2 aromatic rings. The van der Waals surface area contributed by atoms with Crippen molar-refractivity contribution in [2.45, 2.75) is 13.0 Å². The second-order valence-corrected chi connectivity index (χ2v) is 5.58. The molecule has 1 amide bonds. The maximum absolute atomic E-state index is 11.6. The fourth-order valence-corrected chi connectivity index (χ4v) is 2.25. The molecule has 0 radical (unpaired) electrons. The third kappa shape index (κ3) is 6.27. The second-order valence-electron chi connectivity index (χ2n) is 5.14. The van der Waals surface area contributed by atoms with E-state index < -0.39 is 11.0 Å². The number of carbonyl (C=O) groups excluding carboxylic acids is 1. The standard InChI is InChI=1S/C18H17ClN2O4/c19-16-9-10-17(21(23)24)15(12-16)8-4-5-11-20-18(22)25-13-14-6-2-1-3-7-14/h1-4,6-10,12H,5,11,13H2,(H,20,22). The van der Waals surface area contributed by atoms with Gasteiger partial charge in [0, 0.05) is 17.6 Å². The summed E-state index contributed by atoms with van der Waals surface area (Å²) in [4.78, 5) is 22.1. The topological polar surface area (TPSA) is 81.5 Å². The summed E-state index contributed by atoms with van der Waals surface area (Å²) in [7, 11) is 0. The Hall–Kier alpha value is -2.86. The highest BCUT2D eigenvalue weighted by atomic mass is 35.5. The molecule has 1 N–H and O–H groups in total. The van der Waals surface area contributed by atoms with Gasteiger partial charge in [-0.3, -0.25) is 10.1 Å². The van der Waals surface area contributed by atoms with Crippen molar-refractivity contribution < 1.29 is 14.5 Å². The lowest BCUT2D eigenvalue weighted by Gasteiger charge is -2.05. The first kappa shape index (κ1) is 18.5. The Morgan fingerprint density at radius 2 is 2.00 bits per heavy atom. The predicted molar refractivity (Wildman–Crippen MR) is 96.4 cm³/mol. The molecule has 0 aliphatic carbocycles. The molecule has 7 heteroatoms. The number of rotatable bonds is 7. The Kier molecular flexibility index (Phi) is 6.98. The molecule has 0 bridgehead atoms. The zero-order chi connectivity index (χ0) is 18.1. The van der Waals surface area contributed by atoms with E-state index in [1.807, 2.05) is 30.3 Å². The van der Waals surface area contributed by atoms with E-state index in [0.29, 0.717) is 23.6 Å². The zero-order valence-corrected chi connectivity index (χ0v) is 14.1. The molecule has 2 rings (SSSR count). The quantitative estimate of drug-likeness (QED) is 0.445. The van der Waals surface area contributed by atoms with Crippen molar-refractivity contribution in [1.29, 1.82) is 0 Å². The molecule has 0 atom stereocenters. The van der Waals surface area contributed by atoms with Crippen molar-refractivity contribution in [3.05, 3.63) is 80.9 Å². The van der Waals surface area contributed by atoms with Crippen LogP contribution < -0.4 is 5.32 Å². The van der Waals surface area contributed by atoms with Gasteiger partial charge in [-0.05, 0) is 24.1 Å². The normalized spacial score (nSPS) is 10.6. The minimum Gasteiger partial charge on any atom is -0.445 e. The maximum Gasteiger partial charge on any atom is 0.407 e. The lowest BCUT2D eigenvalue weighted by molar-refractivity contribution is -0.385. The Morgan fingerprint density at radius 1 is 1.24 bits per heavy atom. The van der Waals surface area contributed by atoms with Crippen molar-refractivity contribution in [2.75, 3.05) is 6.54 Å². The summed E-state index contributed by atoms with van der Waals surface area (Å²) in [5.74, 6) is 0. The van der Waals surface area contributed by atoms with Gasteiger partial charge in [0.05, 0.1) is 10.5 Å². The van der Waals surface area contributed by atoms with Crippen LogP contribution in [0.3, 0.4) is 0 Å². The Balaban J connectivity index is 1.75. The number of benzene rings is 2. The molecule has 0 aliphatic heterocycles. The molecule has 0 heterocycles. The first-order chi connectivity index (χ1) is 12.1. The van der Waals surface area contributed by atoms with Crippen LogP contribution in [0, 0.1) is 10.1 Å². The van der Waals surface area contributed by atoms with Crippen LogP contribution in [0.1, 0.15) is 17.5 Å². The van der Waals surface area contributed by atoms with Gasteiger partial charge >= 0.3 is 6.09 Å². The van der Waals surface area contributed by atoms with E-state index >= 15 is 0 Å². The van der Waals surface area contributed by atoms with Crippen LogP contribution >= 0.6 is 11.6 Å². The van der Waals surface area contributed by atoms with Crippen molar-refractivity contribution in [2.24, 2.45) is 0 Å². The maximum atomic E-state index is 11.6. The molecule has 0 fully saturated rings. The first-order valence-electron chi connectivity index (χ1n) is 7.61. The molecule has 0 spiro atoms.